The number of carbonyl (C=O) groups excluding carboxylic acids is 1. The van der Waals surface area contributed by atoms with Crippen LogP contribution in [0.5, 0.6) is 11.6 Å². The minimum Gasteiger partial charge on any atom is -0.437 e. The number of benzene rings is 3. The van der Waals surface area contributed by atoms with Gasteiger partial charge in [-0.15, -0.1) is 0 Å². The van der Waals surface area contributed by atoms with Crippen LogP contribution >= 0.6 is 0 Å². The van der Waals surface area contributed by atoms with E-state index in [2.05, 4.69) is 30.2 Å². The molecule has 0 bridgehead atoms. The molecule has 3 aromatic carbocycles. The Morgan fingerprint density at radius 2 is 1.76 bits per heavy atom. The Bertz CT molecular complexity index is 1490. The van der Waals surface area contributed by atoms with E-state index >= 15 is 0 Å². The Morgan fingerprint density at radius 1 is 0.941 bits per heavy atom. The van der Waals surface area contributed by atoms with Crippen LogP contribution in [0, 0.1) is 5.92 Å². The molecule has 8 nitrogen and oxygen atoms in total. The molecule has 6 rings (SSSR count). The lowest BCUT2D eigenvalue weighted by molar-refractivity contribution is 0.262. The molecular weight excluding hydrogens is 428 g/mol. The van der Waals surface area contributed by atoms with Crippen molar-refractivity contribution in [2.24, 2.45) is 5.92 Å². The van der Waals surface area contributed by atoms with Gasteiger partial charge in [0.1, 0.15) is 12.1 Å². The maximum Gasteiger partial charge on any atom is 0.323 e. The Balaban J connectivity index is 1.14. The summed E-state index contributed by atoms with van der Waals surface area (Å²) in [6.07, 6.45) is 5.81. The van der Waals surface area contributed by atoms with Gasteiger partial charge in [0, 0.05) is 17.6 Å². The molecule has 8 heteroatoms. The van der Waals surface area contributed by atoms with Crippen molar-refractivity contribution in [3.05, 3.63) is 79.4 Å². The van der Waals surface area contributed by atoms with E-state index in [9.17, 15) is 4.79 Å². The topological polar surface area (TPSA) is 94.0 Å². The molecule has 1 aliphatic rings. The average molecular weight is 451 g/mol. The fraction of sp³-hybridized carbons (Fsp3) is 0.154. The standard InChI is InChI=1S/C26H22N6O2/c33-26(31-22-7-3-5-18-4-1-2-6-21(18)22)30-19-10-12-20(13-11-19)34-25-23-24(27-15-28-25)32(16-29-23)14-17-8-9-17/h1-7,10-13,15-17H,8-9,14H2,(H2,30,31,33). The highest BCUT2D eigenvalue weighted by atomic mass is 16.5. The number of anilines is 2. The monoisotopic (exact) mass is 450 g/mol. The van der Waals surface area contributed by atoms with Crippen LogP contribution in [0.1, 0.15) is 12.8 Å². The van der Waals surface area contributed by atoms with Gasteiger partial charge in [0.15, 0.2) is 11.2 Å². The van der Waals surface area contributed by atoms with E-state index in [0.717, 1.165) is 34.6 Å². The Morgan fingerprint density at radius 3 is 2.62 bits per heavy atom. The second-order valence-electron chi connectivity index (χ2n) is 8.42. The fourth-order valence-electron chi connectivity index (χ4n) is 3.98. The summed E-state index contributed by atoms with van der Waals surface area (Å²) in [4.78, 5) is 25.7. The van der Waals surface area contributed by atoms with Crippen molar-refractivity contribution in [2.45, 2.75) is 19.4 Å². The van der Waals surface area contributed by atoms with E-state index in [1.54, 1.807) is 30.6 Å². The third-order valence-corrected chi connectivity index (χ3v) is 5.88. The van der Waals surface area contributed by atoms with E-state index in [4.69, 9.17) is 4.74 Å². The van der Waals surface area contributed by atoms with E-state index < -0.39 is 0 Å². The third kappa shape index (κ3) is 4.13. The number of hydrogen-bond acceptors (Lipinski definition) is 5. The first-order chi connectivity index (χ1) is 16.7. The number of amides is 2. The van der Waals surface area contributed by atoms with E-state index in [-0.39, 0.29) is 6.03 Å². The quantitative estimate of drug-likeness (QED) is 0.340. The van der Waals surface area contributed by atoms with Gasteiger partial charge in [0.05, 0.1) is 12.0 Å². The Hall–Kier alpha value is -4.46. The second kappa shape index (κ2) is 8.47. The lowest BCUT2D eigenvalue weighted by Crippen LogP contribution is -2.19. The molecular formula is C26H22N6O2. The highest BCUT2D eigenvalue weighted by molar-refractivity contribution is 6.06. The molecule has 0 radical (unpaired) electrons. The number of imidazole rings is 1. The molecule has 5 aromatic rings. The molecule has 1 saturated carbocycles. The van der Waals surface area contributed by atoms with Gasteiger partial charge >= 0.3 is 6.03 Å². The number of urea groups is 1. The van der Waals surface area contributed by atoms with Gasteiger partial charge in [-0.1, -0.05) is 36.4 Å². The van der Waals surface area contributed by atoms with Gasteiger partial charge in [-0.05, 0) is 54.5 Å². The largest absolute Gasteiger partial charge is 0.437 e. The molecule has 0 atom stereocenters. The van der Waals surface area contributed by atoms with Crippen molar-refractivity contribution in [2.75, 3.05) is 10.6 Å². The zero-order chi connectivity index (χ0) is 22.9. The maximum atomic E-state index is 12.6. The zero-order valence-electron chi connectivity index (χ0n) is 18.3. The summed E-state index contributed by atoms with van der Waals surface area (Å²) in [6.45, 7) is 0.925. The number of rotatable bonds is 6. The molecule has 0 spiro atoms. The number of ether oxygens (including phenoxy) is 1. The minimum absolute atomic E-state index is 0.316. The average Bonchev–Trinajstić information content (AvgIpc) is 3.58. The van der Waals surface area contributed by atoms with Crippen LogP contribution < -0.4 is 15.4 Å². The summed E-state index contributed by atoms with van der Waals surface area (Å²) in [5.74, 6) is 1.72. The molecule has 2 heterocycles. The van der Waals surface area contributed by atoms with Crippen molar-refractivity contribution in [1.29, 1.82) is 0 Å². The fourth-order valence-corrected chi connectivity index (χ4v) is 3.98. The number of hydrogen-bond donors (Lipinski definition) is 2. The first kappa shape index (κ1) is 20.2. The molecule has 2 N–H and O–H groups in total. The minimum atomic E-state index is -0.316. The smallest absolute Gasteiger partial charge is 0.323 e. The van der Waals surface area contributed by atoms with Crippen LogP contribution in [-0.4, -0.2) is 25.6 Å². The zero-order valence-corrected chi connectivity index (χ0v) is 18.3. The number of nitrogens with zero attached hydrogens (tertiary/aromatic N) is 4. The van der Waals surface area contributed by atoms with Gasteiger partial charge in [-0.2, -0.15) is 4.98 Å². The molecule has 2 aromatic heterocycles. The molecule has 168 valence electrons. The molecule has 1 aliphatic carbocycles. The third-order valence-electron chi connectivity index (χ3n) is 5.88. The second-order valence-corrected chi connectivity index (χ2v) is 8.42. The van der Waals surface area contributed by atoms with Gasteiger partial charge in [0.2, 0.25) is 0 Å². The first-order valence-corrected chi connectivity index (χ1v) is 11.2. The molecule has 0 unspecified atom stereocenters. The van der Waals surface area contributed by atoms with Gasteiger partial charge in [-0.3, -0.25) is 0 Å². The highest BCUT2D eigenvalue weighted by Gasteiger charge is 2.23. The van der Waals surface area contributed by atoms with Gasteiger partial charge in [0.25, 0.3) is 5.88 Å². The summed E-state index contributed by atoms with van der Waals surface area (Å²) in [5.41, 5.74) is 2.82. The van der Waals surface area contributed by atoms with Crippen LogP contribution in [-0.2, 0) is 6.54 Å². The molecule has 1 fully saturated rings. The van der Waals surface area contributed by atoms with E-state index in [0.29, 0.717) is 22.8 Å². The summed E-state index contributed by atoms with van der Waals surface area (Å²) in [7, 11) is 0. The van der Waals surface area contributed by atoms with Crippen LogP contribution in [0.2, 0.25) is 0 Å². The van der Waals surface area contributed by atoms with Crippen LogP contribution in [0.3, 0.4) is 0 Å². The summed E-state index contributed by atoms with van der Waals surface area (Å²) >= 11 is 0. The number of nitrogens with one attached hydrogen (secondary N) is 2. The van der Waals surface area contributed by atoms with Crippen molar-refractivity contribution in [3.63, 3.8) is 0 Å². The van der Waals surface area contributed by atoms with Crippen molar-refractivity contribution in [1.82, 2.24) is 19.5 Å². The van der Waals surface area contributed by atoms with Crippen LogP contribution in [0.4, 0.5) is 16.2 Å². The number of aromatic nitrogens is 4. The molecule has 34 heavy (non-hydrogen) atoms. The van der Waals surface area contributed by atoms with E-state index in [1.807, 2.05) is 42.5 Å². The normalized spacial score (nSPS) is 13.2. The SMILES string of the molecule is O=C(Nc1ccc(Oc2ncnc3c2ncn3CC2CC2)cc1)Nc1cccc2ccccc12. The van der Waals surface area contributed by atoms with Crippen LogP contribution in [0.25, 0.3) is 21.9 Å². The number of fused-ring (bicyclic) bond motifs is 2. The lowest BCUT2D eigenvalue weighted by Gasteiger charge is -2.11. The lowest BCUT2D eigenvalue weighted by atomic mass is 10.1. The highest BCUT2D eigenvalue weighted by Crippen LogP contribution is 2.33. The van der Waals surface area contributed by atoms with Gasteiger partial charge < -0.3 is 19.9 Å². The summed E-state index contributed by atoms with van der Waals surface area (Å²) < 4.78 is 8.03. The Labute approximate surface area is 195 Å². The van der Waals surface area contributed by atoms with Crippen molar-refractivity contribution in [3.8, 4) is 11.6 Å². The van der Waals surface area contributed by atoms with Crippen molar-refractivity contribution < 1.29 is 9.53 Å². The van der Waals surface area contributed by atoms with Gasteiger partial charge in [-0.25, -0.2) is 14.8 Å². The van der Waals surface area contributed by atoms with Crippen molar-refractivity contribution >= 4 is 39.3 Å². The summed E-state index contributed by atoms with van der Waals surface area (Å²) in [6, 6.07) is 20.5. The summed E-state index contributed by atoms with van der Waals surface area (Å²) in [5, 5.41) is 7.83. The predicted molar refractivity (Wildman–Crippen MR) is 131 cm³/mol. The predicted octanol–water partition coefficient (Wildman–Crippen LogP) is 5.83. The molecule has 0 aliphatic heterocycles. The van der Waals surface area contributed by atoms with E-state index in [1.165, 1.54) is 19.2 Å². The Kier molecular flexibility index (Phi) is 5.03. The first-order valence-electron chi connectivity index (χ1n) is 11.2. The van der Waals surface area contributed by atoms with Crippen LogP contribution in [0.15, 0.2) is 79.4 Å². The molecule has 0 saturated heterocycles. The number of carbonyl (C=O) groups is 1. The maximum absolute atomic E-state index is 12.6. The molecule has 2 amide bonds.